The summed E-state index contributed by atoms with van der Waals surface area (Å²) >= 11 is 0. The lowest BCUT2D eigenvalue weighted by Crippen LogP contribution is -2.38. The first-order chi connectivity index (χ1) is 21.0. The van der Waals surface area contributed by atoms with E-state index in [4.69, 9.17) is 14.6 Å². The first-order valence-electron chi connectivity index (χ1n) is 14.0. The van der Waals surface area contributed by atoms with Crippen molar-refractivity contribution in [3.63, 3.8) is 0 Å². The smallest absolute Gasteiger partial charge is 0.308 e. The van der Waals surface area contributed by atoms with E-state index in [1.54, 1.807) is 24.7 Å². The third-order valence-corrected chi connectivity index (χ3v) is 6.36. The summed E-state index contributed by atoms with van der Waals surface area (Å²) < 4.78 is 12.4. The number of aromatic nitrogens is 7. The fraction of sp³-hybridized carbons (Fsp3) is 0.367. The van der Waals surface area contributed by atoms with Crippen LogP contribution >= 0.6 is 0 Å². The number of rotatable bonds is 13. The van der Waals surface area contributed by atoms with E-state index in [9.17, 15) is 19.5 Å². The summed E-state index contributed by atoms with van der Waals surface area (Å²) in [6, 6.07) is 9.24. The molecule has 3 aromatic heterocycles. The number of esters is 1. The summed E-state index contributed by atoms with van der Waals surface area (Å²) in [5, 5.41) is 26.7. The second kappa shape index (κ2) is 14.4. The predicted octanol–water partition coefficient (Wildman–Crippen LogP) is 0.778. The molecule has 0 radical (unpaired) electrons. The zero-order valence-corrected chi connectivity index (χ0v) is 24.7. The summed E-state index contributed by atoms with van der Waals surface area (Å²) in [6.07, 6.45) is 5.87. The van der Waals surface area contributed by atoms with E-state index in [-0.39, 0.29) is 35.0 Å². The van der Waals surface area contributed by atoms with Crippen LogP contribution in [0, 0.1) is 0 Å². The molecular weight excluding hydrogens is 570 g/mol. The minimum Gasteiger partial charge on any atom is -0.481 e. The van der Waals surface area contributed by atoms with Crippen LogP contribution < -0.4 is 21.0 Å². The SMILES string of the molecule is CC(C)(C)c1[nH]cnc1C=c1[nH]c(=O)c(=Cc2ccccc2)nc1OCOC(=O)CCCc1cn(C[C@H](O)CC(=O)O)nn1. The Labute approximate surface area is 252 Å². The molecule has 232 valence electrons. The summed E-state index contributed by atoms with van der Waals surface area (Å²) in [5.74, 6) is -1.56. The number of nitrogens with one attached hydrogen (secondary N) is 2. The van der Waals surface area contributed by atoms with Crippen molar-refractivity contribution in [1.82, 2.24) is 34.9 Å². The summed E-state index contributed by atoms with van der Waals surface area (Å²) in [7, 11) is 0. The molecule has 14 nitrogen and oxygen atoms in total. The number of ether oxygens (including phenoxy) is 2. The van der Waals surface area contributed by atoms with Gasteiger partial charge in [0.05, 0.1) is 36.8 Å². The van der Waals surface area contributed by atoms with Crippen molar-refractivity contribution in [2.45, 2.75) is 64.5 Å². The fourth-order valence-corrected chi connectivity index (χ4v) is 4.29. The van der Waals surface area contributed by atoms with Gasteiger partial charge in [-0.3, -0.25) is 14.4 Å². The van der Waals surface area contributed by atoms with Crippen molar-refractivity contribution in [1.29, 1.82) is 0 Å². The molecule has 3 heterocycles. The molecule has 0 aliphatic rings. The molecule has 0 aliphatic carbocycles. The second-order valence-electron chi connectivity index (χ2n) is 11.1. The van der Waals surface area contributed by atoms with Gasteiger partial charge in [0.15, 0.2) is 0 Å². The Morgan fingerprint density at radius 2 is 1.93 bits per heavy atom. The van der Waals surface area contributed by atoms with E-state index in [0.29, 0.717) is 24.2 Å². The standard InChI is InChI=1S/C30H35N7O7/c1-30(2,3)27-22(31-17-32-27)14-24-29(34-23(28(42)33-24)12-19-8-5-4-6-9-19)44-18-43-26(41)11-7-10-20-15-37(36-35-20)16-21(38)13-25(39)40/h4-6,8-9,12,14-15,17,21,38H,7,10-11,13,16,18H2,1-3H3,(H,31,32)(H,33,42)(H,39,40)/t21-/m1/s1. The molecule has 4 N–H and O–H groups in total. The highest BCUT2D eigenvalue weighted by atomic mass is 16.7. The molecule has 14 heteroatoms. The van der Waals surface area contributed by atoms with Crippen molar-refractivity contribution in [2.75, 3.05) is 6.79 Å². The molecule has 0 fully saturated rings. The van der Waals surface area contributed by atoms with Gasteiger partial charge in [-0.15, -0.1) is 5.10 Å². The number of hydrogen-bond acceptors (Lipinski definition) is 10. The van der Waals surface area contributed by atoms with Gasteiger partial charge >= 0.3 is 11.9 Å². The van der Waals surface area contributed by atoms with Gasteiger partial charge in [-0.05, 0) is 30.6 Å². The van der Waals surface area contributed by atoms with Crippen molar-refractivity contribution in [3.8, 4) is 5.88 Å². The lowest BCUT2D eigenvalue weighted by molar-refractivity contribution is -0.150. The van der Waals surface area contributed by atoms with Gasteiger partial charge < -0.3 is 29.7 Å². The van der Waals surface area contributed by atoms with E-state index >= 15 is 0 Å². The van der Waals surface area contributed by atoms with Crippen molar-refractivity contribution >= 4 is 24.1 Å². The highest BCUT2D eigenvalue weighted by Gasteiger charge is 2.20. The molecule has 44 heavy (non-hydrogen) atoms. The topological polar surface area (TPSA) is 198 Å². The first kappa shape index (κ1) is 31.8. The minimum atomic E-state index is -1.11. The van der Waals surface area contributed by atoms with Gasteiger partial charge in [0.2, 0.25) is 12.7 Å². The Hall–Kier alpha value is -5.11. The number of imidazole rings is 1. The summed E-state index contributed by atoms with van der Waals surface area (Å²) in [4.78, 5) is 50.8. The van der Waals surface area contributed by atoms with Crippen LogP contribution in [0.15, 0.2) is 47.7 Å². The number of nitrogens with zero attached hydrogens (tertiary/aromatic N) is 5. The third-order valence-electron chi connectivity index (χ3n) is 6.36. The average Bonchev–Trinajstić information content (AvgIpc) is 3.60. The third kappa shape index (κ3) is 9.19. The molecule has 4 aromatic rings. The number of carbonyl (C=O) groups excluding carboxylic acids is 1. The van der Waals surface area contributed by atoms with E-state index < -0.39 is 36.8 Å². The van der Waals surface area contributed by atoms with Crippen LogP contribution in [0.2, 0.25) is 0 Å². The normalized spacial score (nSPS) is 13.2. The van der Waals surface area contributed by atoms with Gasteiger partial charge in [-0.2, -0.15) is 0 Å². The number of carboxylic acid groups (broad SMARTS) is 1. The summed E-state index contributed by atoms with van der Waals surface area (Å²) in [5.41, 5.74) is 2.15. The molecule has 0 aliphatic heterocycles. The lowest BCUT2D eigenvalue weighted by atomic mass is 9.90. The van der Waals surface area contributed by atoms with Gasteiger partial charge in [-0.25, -0.2) is 14.6 Å². The molecule has 1 aromatic carbocycles. The number of aryl methyl sites for hydroxylation is 1. The molecule has 0 amide bonds. The quantitative estimate of drug-likeness (QED) is 0.124. The van der Waals surface area contributed by atoms with E-state index in [1.165, 1.54) is 4.68 Å². The zero-order valence-electron chi connectivity index (χ0n) is 24.7. The van der Waals surface area contributed by atoms with Crippen LogP contribution in [0.1, 0.15) is 62.7 Å². The largest absolute Gasteiger partial charge is 0.481 e. The van der Waals surface area contributed by atoms with Gasteiger partial charge in [0.1, 0.15) is 10.7 Å². The van der Waals surface area contributed by atoms with Crippen LogP contribution in [-0.4, -0.2) is 70.0 Å². The van der Waals surface area contributed by atoms with Crippen LogP contribution in [0.3, 0.4) is 0 Å². The molecule has 0 spiro atoms. The number of aliphatic hydroxyl groups excluding tert-OH is 1. The molecule has 0 unspecified atom stereocenters. The van der Waals surface area contributed by atoms with Gasteiger partial charge in [0.25, 0.3) is 5.56 Å². The van der Waals surface area contributed by atoms with E-state index in [0.717, 1.165) is 11.3 Å². The predicted molar refractivity (Wildman–Crippen MR) is 158 cm³/mol. The Kier molecular flexibility index (Phi) is 10.4. The monoisotopic (exact) mass is 605 g/mol. The van der Waals surface area contributed by atoms with Gasteiger partial charge in [0, 0.05) is 23.7 Å². The Bertz CT molecular complexity index is 1750. The zero-order chi connectivity index (χ0) is 31.7. The van der Waals surface area contributed by atoms with Crippen molar-refractivity contribution < 1.29 is 29.3 Å². The number of carbonyl (C=O) groups is 2. The Balaban J connectivity index is 1.42. The maximum absolute atomic E-state index is 12.9. The maximum atomic E-state index is 12.9. The molecule has 1 atom stereocenters. The number of H-pyrrole nitrogens is 2. The molecule has 4 rings (SSSR count). The molecule has 0 saturated carbocycles. The van der Waals surface area contributed by atoms with E-state index in [2.05, 4.69) is 30.2 Å². The fourth-order valence-electron chi connectivity index (χ4n) is 4.29. The molecule has 0 bridgehead atoms. The van der Waals surface area contributed by atoms with Gasteiger partial charge in [-0.1, -0.05) is 56.3 Å². The van der Waals surface area contributed by atoms with Crippen molar-refractivity contribution in [2.24, 2.45) is 0 Å². The van der Waals surface area contributed by atoms with E-state index in [1.807, 2.05) is 51.1 Å². The maximum Gasteiger partial charge on any atom is 0.308 e. The molecular formula is C30H35N7O7. The number of benzene rings is 1. The summed E-state index contributed by atoms with van der Waals surface area (Å²) in [6.45, 7) is 5.65. The number of aliphatic carboxylic acids is 1. The number of hydrogen-bond donors (Lipinski definition) is 4. The Morgan fingerprint density at radius 3 is 2.66 bits per heavy atom. The number of aliphatic hydroxyl groups is 1. The first-order valence-corrected chi connectivity index (χ1v) is 14.0. The number of aromatic amines is 2. The molecule has 0 saturated heterocycles. The Morgan fingerprint density at radius 1 is 1.16 bits per heavy atom. The number of carboxylic acids is 1. The average molecular weight is 606 g/mol. The second-order valence-corrected chi connectivity index (χ2v) is 11.1. The highest BCUT2D eigenvalue weighted by molar-refractivity contribution is 5.69. The minimum absolute atomic E-state index is 0.000623. The van der Waals surface area contributed by atoms with Crippen LogP contribution in [0.25, 0.3) is 12.2 Å². The lowest BCUT2D eigenvalue weighted by Gasteiger charge is -2.17. The van der Waals surface area contributed by atoms with Crippen molar-refractivity contribution in [3.05, 3.63) is 86.6 Å². The van der Waals surface area contributed by atoms with Crippen LogP contribution in [0.5, 0.6) is 5.88 Å². The van der Waals surface area contributed by atoms with Crippen LogP contribution in [0.4, 0.5) is 0 Å². The highest BCUT2D eigenvalue weighted by Crippen LogP contribution is 2.23. The van der Waals surface area contributed by atoms with Crippen LogP contribution in [-0.2, 0) is 32.7 Å².